The maximum atomic E-state index is 12.7. The summed E-state index contributed by atoms with van der Waals surface area (Å²) in [4.78, 5) is 22.1. The number of aromatic nitrogens is 2. The van der Waals surface area contributed by atoms with E-state index in [1.165, 1.54) is 13.0 Å². The van der Waals surface area contributed by atoms with Crippen LogP contribution in [0.1, 0.15) is 18.9 Å². The standard InChI is InChI=1S/C56H40N2O2.Ir/c1-38(59)34-48(60)31-29-39-12-2-4-14-49(39)45-35-46(52-17-7-5-15-50(52)40-21-25-43(26-22-40)54-19-10-11-33-57-54)37-47(36-45)53-18-8-6-16-51(53)41-23-27-44(28-24-41)56-32-30-42-13-3-9-20-55(42)58-56;/h2-25,27,30,32-37,59H,29,31H2,1H3;/q-2;/b38-34-;. The quantitative estimate of drug-likeness (QED) is 0.0797. The van der Waals surface area contributed by atoms with Gasteiger partial charge in [-0.25, -0.2) is 0 Å². The number of aliphatic hydroxyl groups is 1. The van der Waals surface area contributed by atoms with Gasteiger partial charge < -0.3 is 10.1 Å². The fraction of sp³-hybridized carbons (Fsp3) is 0.0536. The van der Waals surface area contributed by atoms with E-state index >= 15 is 0 Å². The molecule has 0 aliphatic carbocycles. The largest absolute Gasteiger partial charge is 0.512 e. The van der Waals surface area contributed by atoms with Gasteiger partial charge in [0.25, 0.3) is 0 Å². The zero-order chi connectivity index (χ0) is 40.8. The third kappa shape index (κ3) is 9.10. The summed E-state index contributed by atoms with van der Waals surface area (Å²) in [5.74, 6) is -0.0864. The van der Waals surface area contributed by atoms with Gasteiger partial charge in [0.1, 0.15) is 0 Å². The van der Waals surface area contributed by atoms with Gasteiger partial charge in [-0.2, -0.15) is 0 Å². The topological polar surface area (TPSA) is 63.1 Å². The van der Waals surface area contributed by atoms with Crippen molar-refractivity contribution in [2.24, 2.45) is 0 Å². The predicted molar refractivity (Wildman–Crippen MR) is 245 cm³/mol. The molecule has 4 nitrogen and oxygen atoms in total. The Morgan fingerprint density at radius 3 is 1.66 bits per heavy atom. The van der Waals surface area contributed by atoms with Crippen molar-refractivity contribution in [2.45, 2.75) is 19.8 Å². The van der Waals surface area contributed by atoms with Gasteiger partial charge in [0.05, 0.1) is 11.3 Å². The number of hydrogen-bond donors (Lipinski definition) is 1. The molecule has 9 aromatic rings. The van der Waals surface area contributed by atoms with Crippen molar-refractivity contribution < 1.29 is 30.0 Å². The van der Waals surface area contributed by atoms with E-state index in [0.29, 0.717) is 12.8 Å². The number of allylic oxidation sites excluding steroid dienone is 2. The van der Waals surface area contributed by atoms with Gasteiger partial charge in [-0.1, -0.05) is 138 Å². The van der Waals surface area contributed by atoms with Gasteiger partial charge in [0.15, 0.2) is 5.78 Å². The number of rotatable bonds is 11. The van der Waals surface area contributed by atoms with Crippen LogP contribution in [0, 0.1) is 12.1 Å². The molecule has 0 saturated heterocycles. The molecule has 0 amide bonds. The van der Waals surface area contributed by atoms with Crippen LogP contribution in [0.4, 0.5) is 0 Å². The monoisotopic (exact) mass is 965 g/mol. The van der Waals surface area contributed by atoms with Crippen LogP contribution < -0.4 is 0 Å². The van der Waals surface area contributed by atoms with Crippen molar-refractivity contribution in [3.05, 3.63) is 218 Å². The smallest absolute Gasteiger partial charge is 0.159 e. The zero-order valence-corrected chi connectivity index (χ0v) is 35.9. The molecular weight excluding hydrogens is 925 g/mol. The Bertz CT molecular complexity index is 3010. The van der Waals surface area contributed by atoms with Crippen molar-refractivity contribution in [1.82, 2.24) is 9.97 Å². The molecule has 61 heavy (non-hydrogen) atoms. The molecule has 0 atom stereocenters. The van der Waals surface area contributed by atoms with Gasteiger partial charge in [-0.05, 0) is 99.4 Å². The average Bonchev–Trinajstić information content (AvgIpc) is 3.31. The molecular formula is C56H40IrN2O2-2. The summed E-state index contributed by atoms with van der Waals surface area (Å²) >= 11 is 0. The van der Waals surface area contributed by atoms with Crippen LogP contribution in [0.25, 0.3) is 89.1 Å². The minimum absolute atomic E-state index is 0. The van der Waals surface area contributed by atoms with E-state index in [1.54, 1.807) is 6.20 Å². The Kier molecular flexibility index (Phi) is 12.3. The summed E-state index contributed by atoms with van der Waals surface area (Å²) in [6.45, 7) is 1.52. The zero-order valence-electron chi connectivity index (χ0n) is 33.5. The van der Waals surface area contributed by atoms with Crippen LogP contribution in [0.5, 0.6) is 0 Å². The van der Waals surface area contributed by atoms with E-state index in [-0.39, 0.29) is 31.6 Å². The van der Waals surface area contributed by atoms with E-state index in [4.69, 9.17) is 4.98 Å². The molecule has 7 aromatic carbocycles. The second-order valence-corrected chi connectivity index (χ2v) is 14.9. The molecule has 2 heterocycles. The number of hydrogen-bond acceptors (Lipinski definition) is 4. The number of benzene rings is 7. The number of nitrogens with zero attached hydrogens (tertiary/aromatic N) is 2. The van der Waals surface area contributed by atoms with Gasteiger partial charge in [-0.15, -0.1) is 59.7 Å². The van der Waals surface area contributed by atoms with E-state index < -0.39 is 0 Å². The first kappa shape index (κ1) is 40.7. The Morgan fingerprint density at radius 2 is 1.08 bits per heavy atom. The molecule has 0 bridgehead atoms. The van der Waals surface area contributed by atoms with Crippen LogP contribution in [0.15, 0.2) is 200 Å². The third-order valence-electron chi connectivity index (χ3n) is 10.8. The molecule has 0 spiro atoms. The Morgan fingerprint density at radius 1 is 0.557 bits per heavy atom. The number of carbonyl (C=O) groups is 1. The second-order valence-electron chi connectivity index (χ2n) is 14.9. The normalized spacial score (nSPS) is 11.3. The number of pyridine rings is 2. The summed E-state index contributed by atoms with van der Waals surface area (Å²) in [5, 5.41) is 10.8. The SMILES string of the molecule is C/C(O)=C/C(=O)CCc1ccccc1-c1cc(-c2ccccc2-c2c[c-]c(-c3ccccn3)cc2)cc(-c2ccccc2-c2c[c-]c(-c3ccc4ccccc4n3)cc2)c1.[Ir]. The average molecular weight is 965 g/mol. The Balaban J connectivity index is 0.00000514. The van der Waals surface area contributed by atoms with Crippen LogP contribution in [-0.2, 0) is 31.3 Å². The van der Waals surface area contributed by atoms with E-state index in [0.717, 1.165) is 94.6 Å². The van der Waals surface area contributed by atoms with Crippen molar-refractivity contribution in [2.75, 3.05) is 0 Å². The molecule has 1 N–H and O–H groups in total. The molecule has 2 aromatic heterocycles. The third-order valence-corrected chi connectivity index (χ3v) is 10.8. The first-order chi connectivity index (χ1) is 29.5. The number of ketones is 1. The van der Waals surface area contributed by atoms with Crippen molar-refractivity contribution in [3.8, 4) is 78.1 Å². The maximum Gasteiger partial charge on any atom is 0.159 e. The van der Waals surface area contributed by atoms with Crippen molar-refractivity contribution in [3.63, 3.8) is 0 Å². The summed E-state index contributed by atoms with van der Waals surface area (Å²) in [6, 6.07) is 69.9. The van der Waals surface area contributed by atoms with Crippen molar-refractivity contribution in [1.29, 1.82) is 0 Å². The number of fused-ring (bicyclic) bond motifs is 1. The Hall–Kier alpha value is -7.04. The molecule has 0 unspecified atom stereocenters. The fourth-order valence-corrected chi connectivity index (χ4v) is 7.89. The summed E-state index contributed by atoms with van der Waals surface area (Å²) in [7, 11) is 0. The molecule has 0 fully saturated rings. The molecule has 9 rings (SSSR count). The maximum absolute atomic E-state index is 12.7. The molecule has 5 heteroatoms. The number of carbonyl (C=O) groups excluding carboxylic acids is 1. The van der Waals surface area contributed by atoms with Gasteiger partial charge in [-0.3, -0.25) is 9.78 Å². The molecule has 1 radical (unpaired) electrons. The summed E-state index contributed by atoms with van der Waals surface area (Å²) in [5.41, 5.74) is 16.4. The van der Waals surface area contributed by atoms with Gasteiger partial charge >= 0.3 is 0 Å². The fourth-order valence-electron chi connectivity index (χ4n) is 7.89. The van der Waals surface area contributed by atoms with Crippen LogP contribution in [-0.4, -0.2) is 20.9 Å². The van der Waals surface area contributed by atoms with Crippen molar-refractivity contribution >= 4 is 16.7 Å². The predicted octanol–water partition coefficient (Wildman–Crippen LogP) is 13.9. The minimum atomic E-state index is -0.104. The first-order valence-corrected chi connectivity index (χ1v) is 20.1. The van der Waals surface area contributed by atoms with E-state index in [1.807, 2.05) is 54.6 Å². The number of aliphatic hydroxyl groups excluding tert-OH is 1. The molecule has 0 aliphatic heterocycles. The van der Waals surface area contributed by atoms with Gasteiger partial charge in [0.2, 0.25) is 0 Å². The second kappa shape index (κ2) is 18.5. The molecule has 0 saturated carbocycles. The van der Waals surface area contributed by atoms with Gasteiger partial charge in [0, 0.05) is 38.8 Å². The van der Waals surface area contributed by atoms with Crippen LogP contribution in [0.2, 0.25) is 0 Å². The number of para-hydroxylation sites is 1. The minimum Gasteiger partial charge on any atom is -0.512 e. The van der Waals surface area contributed by atoms with E-state index in [2.05, 4.69) is 145 Å². The summed E-state index contributed by atoms with van der Waals surface area (Å²) in [6.07, 6.45) is 3.94. The Labute approximate surface area is 370 Å². The first-order valence-electron chi connectivity index (χ1n) is 20.1. The number of aryl methyl sites for hydroxylation is 1. The molecule has 0 aliphatic rings. The van der Waals surface area contributed by atoms with E-state index in [9.17, 15) is 9.90 Å². The molecule has 297 valence electrons. The van der Waals surface area contributed by atoms with Crippen LogP contribution >= 0.6 is 0 Å². The van der Waals surface area contributed by atoms with Crippen LogP contribution in [0.3, 0.4) is 0 Å². The summed E-state index contributed by atoms with van der Waals surface area (Å²) < 4.78 is 0.